The van der Waals surface area contributed by atoms with Crippen LogP contribution in [0.1, 0.15) is 116 Å². The lowest BCUT2D eigenvalue weighted by molar-refractivity contribution is -0.156. The van der Waals surface area contributed by atoms with E-state index in [1.807, 2.05) is 50.6 Å². The number of benzene rings is 2. The van der Waals surface area contributed by atoms with Gasteiger partial charge in [-0.25, -0.2) is 18.7 Å². The number of amides is 4. The van der Waals surface area contributed by atoms with E-state index in [0.29, 0.717) is 36.5 Å². The molecule has 4 amide bonds. The van der Waals surface area contributed by atoms with Crippen LogP contribution < -0.4 is 10.6 Å². The highest BCUT2D eigenvalue weighted by Gasteiger charge is 2.36. The van der Waals surface area contributed by atoms with Crippen molar-refractivity contribution in [1.29, 1.82) is 0 Å². The topological polar surface area (TPSA) is 170 Å². The summed E-state index contributed by atoms with van der Waals surface area (Å²) in [6, 6.07) is 13.5. The number of carbonyl (C=O) groups excluding carboxylic acids is 5. The summed E-state index contributed by atoms with van der Waals surface area (Å²) in [6.45, 7) is 15.8. The Morgan fingerprint density at radius 2 is 1.78 bits per heavy atom. The number of imide groups is 1. The normalized spacial score (nSPS) is 16.9. The van der Waals surface area contributed by atoms with Crippen LogP contribution in [-0.2, 0) is 25.6 Å². The molecule has 2 N–H and O–H groups in total. The fourth-order valence-corrected chi connectivity index (χ4v) is 9.32. The molecular formula is C51H63FN8O7Si. The molecule has 2 aromatic carbocycles. The van der Waals surface area contributed by atoms with Crippen molar-refractivity contribution in [2.45, 2.75) is 129 Å². The number of pyridine rings is 1. The van der Waals surface area contributed by atoms with Gasteiger partial charge in [0.15, 0.2) is 5.82 Å². The van der Waals surface area contributed by atoms with E-state index >= 15 is 4.39 Å². The maximum absolute atomic E-state index is 15.6. The van der Waals surface area contributed by atoms with Crippen LogP contribution in [0, 0.1) is 24.6 Å². The predicted octanol–water partition coefficient (Wildman–Crippen LogP) is 8.81. The van der Waals surface area contributed by atoms with Crippen molar-refractivity contribution in [2.75, 3.05) is 32.2 Å². The molecule has 0 bridgehead atoms. The molecule has 2 aliphatic heterocycles. The second-order valence-corrected chi connectivity index (χ2v) is 25.6. The quantitative estimate of drug-likeness (QED) is 0.0448. The van der Waals surface area contributed by atoms with Crippen molar-refractivity contribution < 1.29 is 37.8 Å². The molecule has 360 valence electrons. The van der Waals surface area contributed by atoms with Crippen molar-refractivity contribution in [3.8, 4) is 11.8 Å². The predicted molar refractivity (Wildman–Crippen MR) is 261 cm³/mol. The van der Waals surface area contributed by atoms with Crippen molar-refractivity contribution >= 4 is 65.4 Å². The van der Waals surface area contributed by atoms with Gasteiger partial charge in [0.1, 0.15) is 24.2 Å². The van der Waals surface area contributed by atoms with E-state index in [9.17, 15) is 24.0 Å². The first-order valence-electron chi connectivity index (χ1n) is 23.5. The van der Waals surface area contributed by atoms with Crippen LogP contribution in [0.3, 0.4) is 0 Å². The number of aryl methyl sites for hydroxylation is 2. The highest BCUT2D eigenvalue weighted by atomic mass is 28.3. The Balaban J connectivity index is 0.932. The van der Waals surface area contributed by atoms with Crippen LogP contribution in [0.25, 0.3) is 21.8 Å². The van der Waals surface area contributed by atoms with Crippen LogP contribution in [0.5, 0.6) is 0 Å². The molecule has 17 heteroatoms. The van der Waals surface area contributed by atoms with Gasteiger partial charge in [-0.05, 0) is 110 Å². The van der Waals surface area contributed by atoms with Crippen molar-refractivity contribution in [3.05, 3.63) is 88.6 Å². The second kappa shape index (κ2) is 21.0. The van der Waals surface area contributed by atoms with E-state index in [2.05, 4.69) is 59.0 Å². The van der Waals surface area contributed by atoms with Crippen molar-refractivity contribution in [3.63, 3.8) is 0 Å². The number of halogens is 1. The molecule has 5 aromatic rings. The van der Waals surface area contributed by atoms with Gasteiger partial charge < -0.3 is 20.1 Å². The molecule has 1 unspecified atom stereocenters. The van der Waals surface area contributed by atoms with Crippen LogP contribution in [0.15, 0.2) is 54.7 Å². The van der Waals surface area contributed by atoms with Crippen molar-refractivity contribution in [1.82, 2.24) is 34.4 Å². The average molecular weight is 947 g/mol. The molecule has 7 rings (SSSR count). The third-order valence-electron chi connectivity index (χ3n) is 12.3. The van der Waals surface area contributed by atoms with E-state index in [0.717, 1.165) is 77.3 Å². The first kappa shape index (κ1) is 49.7. The monoisotopic (exact) mass is 946 g/mol. The zero-order valence-corrected chi connectivity index (χ0v) is 41.5. The number of hydrogen-bond donors (Lipinski definition) is 2. The smallest absolute Gasteiger partial charge is 0.419 e. The van der Waals surface area contributed by atoms with E-state index < -0.39 is 43.4 Å². The molecule has 5 heterocycles. The van der Waals surface area contributed by atoms with Gasteiger partial charge in [0.25, 0.3) is 17.7 Å². The van der Waals surface area contributed by atoms with Crippen LogP contribution >= 0.6 is 0 Å². The molecule has 0 aliphatic carbocycles. The Kier molecular flexibility index (Phi) is 15.3. The van der Waals surface area contributed by atoms with E-state index in [4.69, 9.17) is 14.6 Å². The van der Waals surface area contributed by atoms with E-state index in [1.165, 1.54) is 12.1 Å². The van der Waals surface area contributed by atoms with Gasteiger partial charge >= 0.3 is 6.09 Å². The number of unbranched alkanes of at least 4 members (excludes halogenated alkanes) is 3. The zero-order valence-electron chi connectivity index (χ0n) is 40.5. The number of hydrogen-bond acceptors (Lipinski definition) is 10. The Hall–Kier alpha value is -6.22. The summed E-state index contributed by atoms with van der Waals surface area (Å²) in [5.41, 5.74) is 2.68. The van der Waals surface area contributed by atoms with Gasteiger partial charge in [-0.3, -0.25) is 33.7 Å². The summed E-state index contributed by atoms with van der Waals surface area (Å²) >= 11 is 0. The standard InChI is InChI=1S/C51H63FN8O7Si/c1-33-37-21-20-35(47(62)55-44-30-41-36(31-53-44)29-43(40-19-15-24-57(40)5)60(41)50(65)67-51(2,3)4)28-42(37)59(56-33)25-13-11-9-10-12-16-34-17-14-18-38(46(34)52)48(63)54-39-22-23-45(61)58(49(39)64)32-66-26-27-68(6,7)8/h14,17-18,20-21,28-31,39-40H,9-11,13,15,19,22-27,32H2,1-8H3,(H,54,63)(H,53,55,62)/t39?,40-/m1/s1. The number of aromatic nitrogens is 4. The molecule has 0 saturated carbocycles. The lowest BCUT2D eigenvalue weighted by Gasteiger charge is -2.31. The number of ether oxygens (including phenoxy) is 2. The van der Waals surface area contributed by atoms with Gasteiger partial charge in [0, 0.05) is 68.4 Å². The van der Waals surface area contributed by atoms with Gasteiger partial charge in [0.05, 0.1) is 33.9 Å². The third-order valence-corrected chi connectivity index (χ3v) is 14.0. The first-order chi connectivity index (χ1) is 32.3. The fourth-order valence-electron chi connectivity index (χ4n) is 8.56. The number of piperidine rings is 1. The molecule has 15 nitrogen and oxygen atoms in total. The zero-order chi connectivity index (χ0) is 48.9. The largest absolute Gasteiger partial charge is 0.443 e. The summed E-state index contributed by atoms with van der Waals surface area (Å²) < 4.78 is 30.5. The number of anilines is 1. The first-order valence-corrected chi connectivity index (χ1v) is 27.2. The SMILES string of the molecule is Cc1nn(CCCCCC#Cc2cccc(C(=O)NC3CCC(=O)N(COCC[Si](C)(C)C)C3=O)c2F)c2cc(C(=O)Nc3cc4c(cn3)cc([C@H]3CCCN3C)n4C(=O)OC(C)(C)C)ccc12. The van der Waals surface area contributed by atoms with Crippen molar-refractivity contribution in [2.24, 2.45) is 0 Å². The Bertz CT molecular complexity index is 2800. The molecule has 0 radical (unpaired) electrons. The van der Waals surface area contributed by atoms with Gasteiger partial charge in [-0.15, -0.1) is 0 Å². The summed E-state index contributed by atoms with van der Waals surface area (Å²) in [5.74, 6) is 3.38. The molecule has 2 saturated heterocycles. The third kappa shape index (κ3) is 11.9. The Labute approximate surface area is 398 Å². The highest BCUT2D eigenvalue weighted by molar-refractivity contribution is 6.76. The van der Waals surface area contributed by atoms with E-state index in [1.54, 1.807) is 29.0 Å². The minimum Gasteiger partial charge on any atom is -0.443 e. The maximum Gasteiger partial charge on any atom is 0.419 e. The lowest BCUT2D eigenvalue weighted by Crippen LogP contribution is -2.55. The number of likely N-dealkylation sites (tertiary alicyclic amines) is 2. The summed E-state index contributed by atoms with van der Waals surface area (Å²) in [4.78, 5) is 73.9. The molecule has 2 fully saturated rings. The Morgan fingerprint density at radius 3 is 2.51 bits per heavy atom. The number of fused-ring (bicyclic) bond motifs is 2. The molecule has 3 aromatic heterocycles. The maximum atomic E-state index is 15.6. The van der Waals surface area contributed by atoms with Gasteiger partial charge in [0.2, 0.25) is 5.91 Å². The summed E-state index contributed by atoms with van der Waals surface area (Å²) in [6.07, 6.45) is 6.16. The molecule has 68 heavy (non-hydrogen) atoms. The highest BCUT2D eigenvalue weighted by Crippen LogP contribution is 2.35. The summed E-state index contributed by atoms with van der Waals surface area (Å²) in [5, 5.41) is 12.0. The lowest BCUT2D eigenvalue weighted by atomic mass is 10.0. The van der Waals surface area contributed by atoms with Crippen LogP contribution in [-0.4, -0.2) is 106 Å². The minimum absolute atomic E-state index is 0.0478. The fraction of sp³-hybridized carbons (Fsp3) is 0.471. The van der Waals surface area contributed by atoms with Crippen LogP contribution in [0.4, 0.5) is 15.0 Å². The second-order valence-electron chi connectivity index (χ2n) is 20.0. The van der Waals surface area contributed by atoms with Gasteiger partial charge in [-0.1, -0.05) is 50.0 Å². The molecule has 0 spiro atoms. The number of nitrogens with one attached hydrogen (secondary N) is 2. The van der Waals surface area contributed by atoms with Gasteiger partial charge in [-0.2, -0.15) is 5.10 Å². The number of carbonyl (C=O) groups is 5. The van der Waals surface area contributed by atoms with Crippen LogP contribution in [0.2, 0.25) is 25.7 Å². The summed E-state index contributed by atoms with van der Waals surface area (Å²) in [7, 11) is 0.692. The van der Waals surface area contributed by atoms with E-state index in [-0.39, 0.29) is 48.6 Å². The average Bonchev–Trinajstić information content (AvgIpc) is 3.97. The number of rotatable bonds is 15. The minimum atomic E-state index is -1.36. The Morgan fingerprint density at radius 1 is 0.985 bits per heavy atom. The number of nitrogens with zero attached hydrogens (tertiary/aromatic N) is 6. The molecule has 2 atom stereocenters. The molecule has 2 aliphatic rings. The molecular weight excluding hydrogens is 884 g/mol.